The van der Waals surface area contributed by atoms with Crippen LogP contribution in [0.3, 0.4) is 0 Å². The van der Waals surface area contributed by atoms with Crippen LogP contribution in [0.1, 0.15) is 19.8 Å². The van der Waals surface area contributed by atoms with Crippen LogP contribution in [0.15, 0.2) is 22.7 Å². The number of rotatable bonds is 7. The zero-order valence-electron chi connectivity index (χ0n) is 9.54. The van der Waals surface area contributed by atoms with Crippen LogP contribution < -0.4 is 10.5 Å². The van der Waals surface area contributed by atoms with Crippen LogP contribution >= 0.6 is 15.9 Å². The molecule has 1 rings (SSSR count). The Bertz CT molecular complexity index is 298. The molecule has 0 fully saturated rings. The number of nitrogens with two attached hydrogens (primary N) is 1. The molecule has 0 aliphatic carbocycles. The van der Waals surface area contributed by atoms with E-state index in [2.05, 4.69) is 22.9 Å². The van der Waals surface area contributed by atoms with Crippen molar-refractivity contribution in [2.24, 2.45) is 0 Å². The lowest BCUT2D eigenvalue weighted by Crippen LogP contribution is -2.07. The topological polar surface area (TPSA) is 44.5 Å². The molecule has 2 N–H and O–H groups in total. The molecule has 0 amide bonds. The summed E-state index contributed by atoms with van der Waals surface area (Å²) in [7, 11) is 0. The Kier molecular flexibility index (Phi) is 6.26. The second-order valence-corrected chi connectivity index (χ2v) is 4.45. The monoisotopic (exact) mass is 287 g/mol. The van der Waals surface area contributed by atoms with E-state index >= 15 is 0 Å². The van der Waals surface area contributed by atoms with Gasteiger partial charge in [-0.2, -0.15) is 0 Å². The van der Waals surface area contributed by atoms with Gasteiger partial charge in [0.15, 0.2) is 0 Å². The van der Waals surface area contributed by atoms with Gasteiger partial charge in [0.25, 0.3) is 0 Å². The highest BCUT2D eigenvalue weighted by molar-refractivity contribution is 9.10. The van der Waals surface area contributed by atoms with Crippen molar-refractivity contribution in [2.45, 2.75) is 19.8 Å². The maximum absolute atomic E-state index is 5.69. The molecule has 3 nitrogen and oxygen atoms in total. The molecular formula is C12H18BrNO2. The van der Waals surface area contributed by atoms with Crippen LogP contribution in [0.2, 0.25) is 0 Å². The Morgan fingerprint density at radius 3 is 2.69 bits per heavy atom. The molecule has 0 aromatic heterocycles. The first-order valence-electron chi connectivity index (χ1n) is 5.49. The van der Waals surface area contributed by atoms with Crippen molar-refractivity contribution in [3.63, 3.8) is 0 Å². The van der Waals surface area contributed by atoms with E-state index in [4.69, 9.17) is 15.2 Å². The predicted molar refractivity (Wildman–Crippen MR) is 69.8 cm³/mol. The fourth-order valence-electron chi connectivity index (χ4n) is 1.23. The standard InChI is InChI=1S/C12H18BrNO2/c1-2-3-4-15-5-6-16-12-8-10(13)7-11(14)9-12/h7-9H,2-6,14H2,1H3. The van der Waals surface area contributed by atoms with Crippen molar-refractivity contribution in [3.05, 3.63) is 22.7 Å². The lowest BCUT2D eigenvalue weighted by Gasteiger charge is -2.08. The Hall–Kier alpha value is -0.740. The molecule has 0 aliphatic rings. The molecule has 16 heavy (non-hydrogen) atoms. The van der Waals surface area contributed by atoms with Gasteiger partial charge in [0.1, 0.15) is 12.4 Å². The van der Waals surface area contributed by atoms with Gasteiger partial charge in [-0.3, -0.25) is 0 Å². The first kappa shape index (κ1) is 13.3. The van der Waals surface area contributed by atoms with E-state index in [1.807, 2.05) is 12.1 Å². The number of unbranched alkanes of at least 4 members (excludes halogenated alkanes) is 1. The van der Waals surface area contributed by atoms with Crippen molar-refractivity contribution in [1.29, 1.82) is 0 Å². The van der Waals surface area contributed by atoms with Crippen molar-refractivity contribution < 1.29 is 9.47 Å². The van der Waals surface area contributed by atoms with Gasteiger partial charge in [-0.15, -0.1) is 0 Å². The van der Waals surface area contributed by atoms with Crippen molar-refractivity contribution in [2.75, 3.05) is 25.6 Å². The summed E-state index contributed by atoms with van der Waals surface area (Å²) in [5, 5.41) is 0. The van der Waals surface area contributed by atoms with E-state index in [0.29, 0.717) is 18.9 Å². The molecule has 0 unspecified atom stereocenters. The van der Waals surface area contributed by atoms with Gasteiger partial charge in [-0.25, -0.2) is 0 Å². The third kappa shape index (κ3) is 5.37. The first-order chi connectivity index (χ1) is 7.72. The Morgan fingerprint density at radius 2 is 2.00 bits per heavy atom. The van der Waals surface area contributed by atoms with E-state index < -0.39 is 0 Å². The normalized spacial score (nSPS) is 10.4. The summed E-state index contributed by atoms with van der Waals surface area (Å²) >= 11 is 3.36. The van der Waals surface area contributed by atoms with E-state index in [9.17, 15) is 0 Å². The highest BCUT2D eigenvalue weighted by Gasteiger charge is 1.98. The molecule has 90 valence electrons. The molecule has 0 heterocycles. The number of hydrogen-bond donors (Lipinski definition) is 1. The highest BCUT2D eigenvalue weighted by atomic mass is 79.9. The first-order valence-corrected chi connectivity index (χ1v) is 6.28. The molecule has 0 bridgehead atoms. The van der Waals surface area contributed by atoms with E-state index in [1.165, 1.54) is 0 Å². The van der Waals surface area contributed by atoms with E-state index in [0.717, 1.165) is 29.7 Å². The van der Waals surface area contributed by atoms with Gasteiger partial charge in [0, 0.05) is 22.8 Å². The van der Waals surface area contributed by atoms with Crippen LogP contribution in [0.4, 0.5) is 5.69 Å². The fraction of sp³-hybridized carbons (Fsp3) is 0.500. The third-order valence-corrected chi connectivity index (χ3v) is 2.49. The van der Waals surface area contributed by atoms with Gasteiger partial charge in [-0.05, 0) is 18.6 Å². The number of ether oxygens (including phenoxy) is 2. The molecule has 4 heteroatoms. The summed E-state index contributed by atoms with van der Waals surface area (Å²) in [6, 6.07) is 5.53. The molecule has 0 spiro atoms. The zero-order chi connectivity index (χ0) is 11.8. The van der Waals surface area contributed by atoms with Crippen LogP contribution in [0.25, 0.3) is 0 Å². The number of halogens is 1. The van der Waals surface area contributed by atoms with Crippen LogP contribution in [-0.4, -0.2) is 19.8 Å². The summed E-state index contributed by atoms with van der Waals surface area (Å²) < 4.78 is 11.8. The van der Waals surface area contributed by atoms with Gasteiger partial charge >= 0.3 is 0 Å². The second-order valence-electron chi connectivity index (χ2n) is 3.53. The second kappa shape index (κ2) is 7.52. The number of benzene rings is 1. The largest absolute Gasteiger partial charge is 0.491 e. The lowest BCUT2D eigenvalue weighted by molar-refractivity contribution is 0.0980. The molecule has 0 aliphatic heterocycles. The maximum atomic E-state index is 5.69. The van der Waals surface area contributed by atoms with Gasteiger partial charge in [0.05, 0.1) is 6.61 Å². The fourth-order valence-corrected chi connectivity index (χ4v) is 1.72. The van der Waals surface area contributed by atoms with Crippen LogP contribution in [-0.2, 0) is 4.74 Å². The number of nitrogen functional groups attached to an aromatic ring is 1. The van der Waals surface area contributed by atoms with Crippen LogP contribution in [0.5, 0.6) is 5.75 Å². The average Bonchev–Trinajstić information content (AvgIpc) is 2.22. The molecule has 0 atom stereocenters. The molecule has 1 aromatic carbocycles. The van der Waals surface area contributed by atoms with Crippen molar-refractivity contribution in [3.8, 4) is 5.75 Å². The SMILES string of the molecule is CCCCOCCOc1cc(N)cc(Br)c1. The average molecular weight is 288 g/mol. The quantitative estimate of drug-likeness (QED) is 0.619. The number of hydrogen-bond acceptors (Lipinski definition) is 3. The minimum atomic E-state index is 0.555. The van der Waals surface area contributed by atoms with E-state index in [-0.39, 0.29) is 0 Å². The summed E-state index contributed by atoms with van der Waals surface area (Å²) in [5.41, 5.74) is 6.38. The molecule has 1 aromatic rings. The van der Waals surface area contributed by atoms with Gasteiger partial charge < -0.3 is 15.2 Å². The summed E-state index contributed by atoms with van der Waals surface area (Å²) in [6.07, 6.45) is 2.26. The van der Waals surface area contributed by atoms with Gasteiger partial charge in [-0.1, -0.05) is 29.3 Å². The summed E-state index contributed by atoms with van der Waals surface area (Å²) in [5.74, 6) is 0.769. The summed E-state index contributed by atoms with van der Waals surface area (Å²) in [6.45, 7) is 4.12. The van der Waals surface area contributed by atoms with E-state index in [1.54, 1.807) is 6.07 Å². The Morgan fingerprint density at radius 1 is 1.19 bits per heavy atom. The molecule has 0 radical (unpaired) electrons. The smallest absolute Gasteiger partial charge is 0.122 e. The minimum Gasteiger partial charge on any atom is -0.491 e. The minimum absolute atomic E-state index is 0.555. The van der Waals surface area contributed by atoms with Crippen molar-refractivity contribution in [1.82, 2.24) is 0 Å². The maximum Gasteiger partial charge on any atom is 0.122 e. The Labute approximate surface area is 105 Å². The Balaban J connectivity index is 2.21. The molecule has 0 saturated heterocycles. The summed E-state index contributed by atoms with van der Waals surface area (Å²) in [4.78, 5) is 0. The highest BCUT2D eigenvalue weighted by Crippen LogP contribution is 2.22. The van der Waals surface area contributed by atoms with Crippen LogP contribution in [0, 0.1) is 0 Å². The van der Waals surface area contributed by atoms with Crippen molar-refractivity contribution >= 4 is 21.6 Å². The molecule has 0 saturated carbocycles. The third-order valence-electron chi connectivity index (χ3n) is 2.03. The zero-order valence-corrected chi connectivity index (χ0v) is 11.1. The number of anilines is 1. The van der Waals surface area contributed by atoms with Gasteiger partial charge in [0.2, 0.25) is 0 Å². The molecular weight excluding hydrogens is 270 g/mol. The lowest BCUT2D eigenvalue weighted by atomic mass is 10.3. The predicted octanol–water partition coefficient (Wildman–Crippen LogP) is 3.23.